The average molecular weight is 1180 g/mol. The van der Waals surface area contributed by atoms with Gasteiger partial charge in [-0.1, -0.05) is 114 Å². The van der Waals surface area contributed by atoms with Crippen LogP contribution in [0.25, 0.3) is 22.3 Å². The summed E-state index contributed by atoms with van der Waals surface area (Å²) in [5, 5.41) is 12.3. The second-order valence-electron chi connectivity index (χ2n) is 18.5. The third-order valence-corrected chi connectivity index (χ3v) is 16.6. The van der Waals surface area contributed by atoms with E-state index in [4.69, 9.17) is 14.7 Å². The van der Waals surface area contributed by atoms with Gasteiger partial charge >= 0.3 is 12.4 Å². The van der Waals surface area contributed by atoms with Gasteiger partial charge in [-0.15, -0.1) is 4.33 Å². The summed E-state index contributed by atoms with van der Waals surface area (Å²) in [5.41, 5.74) is -1.62. The van der Waals surface area contributed by atoms with E-state index in [1.165, 1.54) is 72.8 Å². The van der Waals surface area contributed by atoms with Crippen LogP contribution in [0.15, 0.2) is 226 Å². The van der Waals surface area contributed by atoms with Crippen molar-refractivity contribution >= 4 is 43.6 Å². The summed E-state index contributed by atoms with van der Waals surface area (Å²) in [6.45, 7) is 3.58. The van der Waals surface area contributed by atoms with Gasteiger partial charge in [-0.2, -0.15) is 34.8 Å². The van der Waals surface area contributed by atoms with Gasteiger partial charge in [0.25, 0.3) is 10.1 Å². The van der Waals surface area contributed by atoms with Gasteiger partial charge in [0, 0.05) is 27.1 Å². The molecule has 0 spiro atoms. The monoisotopic (exact) mass is 1180 g/mol. The molecule has 2 N–H and O–H groups in total. The molecule has 0 bridgehead atoms. The third-order valence-electron chi connectivity index (χ3n) is 13.3. The fraction of sp³-hybridized carbons (Fsp3) is 0.0820. The van der Waals surface area contributed by atoms with Crippen LogP contribution in [-0.2, 0) is 34.7 Å². The molecule has 0 aliphatic rings. The first kappa shape index (κ1) is 58.3. The van der Waals surface area contributed by atoms with Gasteiger partial charge < -0.3 is 9.47 Å². The summed E-state index contributed by atoms with van der Waals surface area (Å²) in [6.07, 6.45) is -11.8. The van der Waals surface area contributed by atoms with Gasteiger partial charge in [-0.3, -0.25) is 14.1 Å². The highest BCUT2D eigenvalue weighted by atomic mass is 32.2. The highest BCUT2D eigenvalue weighted by Gasteiger charge is 2.72. The van der Waals surface area contributed by atoms with Crippen LogP contribution in [0.4, 0.5) is 26.3 Å². The molecular formula is C61H42F6O12S3. The zero-order chi connectivity index (χ0) is 58.8. The van der Waals surface area contributed by atoms with Crippen LogP contribution in [0.3, 0.4) is 0 Å². The van der Waals surface area contributed by atoms with E-state index in [0.29, 0.717) is 80.8 Å². The lowest BCUT2D eigenvalue weighted by Gasteiger charge is -2.38. The number of ketones is 2. The van der Waals surface area contributed by atoms with Gasteiger partial charge in [-0.25, -0.2) is 13.7 Å². The zero-order valence-electron chi connectivity index (χ0n) is 42.6. The van der Waals surface area contributed by atoms with Crippen molar-refractivity contribution in [1.29, 1.82) is 0 Å². The molecule has 0 saturated heterocycles. The molecule has 0 aliphatic heterocycles. The topological polar surface area (TPSA) is 180 Å². The molecule has 12 nitrogen and oxygen atoms in total. The minimum atomic E-state index is -5.89. The van der Waals surface area contributed by atoms with Crippen molar-refractivity contribution in [2.24, 2.45) is 0 Å². The van der Waals surface area contributed by atoms with Crippen LogP contribution < -0.4 is 9.47 Å². The molecule has 0 amide bonds. The Morgan fingerprint density at radius 3 is 1.33 bits per heavy atom. The second kappa shape index (κ2) is 23.2. The molecule has 82 heavy (non-hydrogen) atoms. The standard InChI is InChI=1S/C61H42F6O12S3/c1-37-3-29-51(30-4-37)81(71,72)52-31-27-50(28-32-52)77-49-25-19-46(20-26-49)59(60(62,63)64,61(65,66)67)45-17-23-48(24-18-45)76-47-21-15-42(16-22-47)57(68)41-11-7-39(8-12-41)44-6-5-38(2)55(35-44)58(69)43-13-9-40(10-14-43)54-34-33-53(82(73,74)75)36-56(54)80-79-78-70/h3-36,70H,1-2H3,(H,73,74,75). The smallest absolute Gasteiger partial charge is 0.411 e. The molecule has 0 heterocycles. The Bertz CT molecular complexity index is 4030. The van der Waals surface area contributed by atoms with E-state index < -0.39 is 53.7 Å². The van der Waals surface area contributed by atoms with Crippen molar-refractivity contribution in [2.45, 2.75) is 51.2 Å². The molecule has 9 rings (SSSR count). The first-order chi connectivity index (χ1) is 38.9. The van der Waals surface area contributed by atoms with Crippen LogP contribution in [-0.4, -0.2) is 50.6 Å². The predicted octanol–water partition coefficient (Wildman–Crippen LogP) is 15.6. The highest BCUT2D eigenvalue weighted by molar-refractivity contribution is 7.94. The summed E-state index contributed by atoms with van der Waals surface area (Å²) < 4.78 is 165. The summed E-state index contributed by atoms with van der Waals surface area (Å²) in [5.74, 6) is -0.702. The van der Waals surface area contributed by atoms with Gasteiger partial charge in [0.2, 0.25) is 15.3 Å². The molecule has 418 valence electrons. The van der Waals surface area contributed by atoms with E-state index in [1.54, 1.807) is 86.6 Å². The van der Waals surface area contributed by atoms with Crippen LogP contribution in [0.2, 0.25) is 0 Å². The number of alkyl halides is 6. The lowest BCUT2D eigenvalue weighted by atomic mass is 9.73. The van der Waals surface area contributed by atoms with Crippen molar-refractivity contribution in [2.75, 3.05) is 0 Å². The number of hydrogen-bond donors (Lipinski definition) is 2. The Hall–Kier alpha value is -8.41. The quantitative estimate of drug-likeness (QED) is 0.0207. The second-order valence-corrected chi connectivity index (χ2v) is 22.6. The fourth-order valence-corrected chi connectivity index (χ4v) is 11.4. The Kier molecular flexibility index (Phi) is 16.5. The Morgan fingerprint density at radius 1 is 0.463 bits per heavy atom. The zero-order valence-corrected chi connectivity index (χ0v) is 45.0. The third kappa shape index (κ3) is 12.1. The molecule has 0 aliphatic carbocycles. The molecule has 0 unspecified atom stereocenters. The summed E-state index contributed by atoms with van der Waals surface area (Å²) >= 11 is 0.491. The molecule has 0 aromatic heterocycles. The number of sulfone groups is 1. The van der Waals surface area contributed by atoms with Crippen LogP contribution in [0, 0.1) is 13.8 Å². The van der Waals surface area contributed by atoms with Gasteiger partial charge in [-0.05, 0) is 156 Å². The van der Waals surface area contributed by atoms with Crippen LogP contribution >= 0.6 is 12.0 Å². The number of halogens is 6. The maximum atomic E-state index is 15.1. The number of aryl methyl sites for hydroxylation is 2. The SMILES string of the molecule is Cc1ccc(S(=O)(=O)c2ccc(Oc3ccc(C(c4ccc(Oc5ccc(C(=O)c6ccc(-c7ccc(C)c(C(=O)c8ccc(-c9ccc(S(=O)(=O)O)cc9SOOO)cc8)c7)cc6)cc5)cc4)(C(F)(F)F)C(F)(F)F)cc3)cc2)cc1. The molecule has 21 heteroatoms. The van der Waals surface area contributed by atoms with E-state index in [1.807, 2.05) is 6.07 Å². The molecule has 0 atom stereocenters. The molecule has 9 aromatic rings. The molecule has 0 saturated carbocycles. The first-order valence-electron chi connectivity index (χ1n) is 24.3. The van der Waals surface area contributed by atoms with Crippen molar-refractivity contribution in [1.82, 2.24) is 0 Å². The summed E-state index contributed by atoms with van der Waals surface area (Å²) in [4.78, 5) is 27.2. The molecule has 9 aromatic carbocycles. The van der Waals surface area contributed by atoms with E-state index in [9.17, 15) is 31.0 Å². The van der Waals surface area contributed by atoms with Crippen LogP contribution in [0.5, 0.6) is 23.0 Å². The highest BCUT2D eigenvalue weighted by Crippen LogP contribution is 2.56. The van der Waals surface area contributed by atoms with E-state index in [0.717, 1.165) is 35.9 Å². The predicted molar refractivity (Wildman–Crippen MR) is 291 cm³/mol. The minimum Gasteiger partial charge on any atom is -0.457 e. The summed E-state index contributed by atoms with van der Waals surface area (Å²) in [6, 6.07) is 45.7. The molecular weight excluding hydrogens is 1130 g/mol. The lowest BCUT2D eigenvalue weighted by Crippen LogP contribution is -2.54. The number of hydrogen-bond acceptors (Lipinski definition) is 12. The summed E-state index contributed by atoms with van der Waals surface area (Å²) in [7, 11) is -8.45. The maximum absolute atomic E-state index is 15.1. The van der Waals surface area contributed by atoms with Crippen LogP contribution in [0.1, 0.15) is 54.1 Å². The van der Waals surface area contributed by atoms with Crippen molar-refractivity contribution in [3.05, 3.63) is 251 Å². The molecule has 0 fully saturated rings. The Balaban J connectivity index is 0.854. The average Bonchev–Trinajstić information content (AvgIpc) is 3.51. The Morgan fingerprint density at radius 2 is 0.866 bits per heavy atom. The van der Waals surface area contributed by atoms with Crippen molar-refractivity contribution in [3.63, 3.8) is 0 Å². The van der Waals surface area contributed by atoms with Gasteiger partial charge in [0.1, 0.15) is 23.0 Å². The van der Waals surface area contributed by atoms with Gasteiger partial charge in [0.15, 0.2) is 11.6 Å². The first-order valence-corrected chi connectivity index (χ1v) is 27.9. The maximum Gasteiger partial charge on any atom is 0.411 e. The molecule has 0 radical (unpaired) electrons. The fourth-order valence-electron chi connectivity index (χ4n) is 9.02. The number of benzene rings is 9. The van der Waals surface area contributed by atoms with Gasteiger partial charge in [0.05, 0.1) is 26.7 Å². The van der Waals surface area contributed by atoms with Crippen molar-refractivity contribution < 1.29 is 81.4 Å². The number of carbonyl (C=O) groups is 2. The number of rotatable bonds is 18. The largest absolute Gasteiger partial charge is 0.457 e. The number of ether oxygens (including phenoxy) is 2. The van der Waals surface area contributed by atoms with Crippen molar-refractivity contribution in [3.8, 4) is 45.3 Å². The van der Waals surface area contributed by atoms with E-state index >= 15 is 26.3 Å². The minimum absolute atomic E-state index is 0.0563. The Labute approximate surface area is 469 Å². The van der Waals surface area contributed by atoms with E-state index in [-0.39, 0.29) is 54.8 Å². The lowest BCUT2D eigenvalue weighted by molar-refractivity contribution is -0.432. The van der Waals surface area contributed by atoms with E-state index in [2.05, 4.69) is 9.37 Å². The normalized spacial score (nSPS) is 12.2. The number of carbonyl (C=O) groups excluding carboxylic acids is 2.